The minimum Gasteiger partial charge on any atom is -0.725 e. The third-order valence-electron chi connectivity index (χ3n) is 3.29. The average Bonchev–Trinajstić information content (AvgIpc) is 2.49. The van der Waals surface area contributed by atoms with Gasteiger partial charge in [-0.1, -0.05) is 0 Å². The summed E-state index contributed by atoms with van der Waals surface area (Å²) in [7, 11) is -7.33. The topological polar surface area (TPSA) is 66.4 Å². The van der Waals surface area contributed by atoms with E-state index in [1.807, 2.05) is 0 Å². The van der Waals surface area contributed by atoms with Crippen LogP contribution >= 0.6 is 0 Å². The first-order valence-electron chi connectivity index (χ1n) is 6.46. The summed E-state index contributed by atoms with van der Waals surface area (Å²) >= 11 is 0. The predicted molar refractivity (Wildman–Crippen MR) is 56.4 cm³/mol. The molecule has 0 saturated heterocycles. The molecule has 0 atom stereocenters. The number of hydrogen-bond donors (Lipinski definition) is 0. The standard InChI is InChI=1S/C9HF19O4S.Na/c10-1(11,2(12,13)4(16,17)6(20,21)8(24,25)26)3(14,15)5(18,19)7(22,23)9(27,28)32-33(29,30)31;/h(H,29,30,31);/q;+1/p-1. The van der Waals surface area contributed by atoms with Gasteiger partial charge < -0.3 is 4.55 Å². The Balaban J connectivity index is 0. The zero-order chi connectivity index (χ0) is 27.7. The molecule has 0 aromatic carbocycles. The average molecular weight is 588 g/mol. The van der Waals surface area contributed by atoms with Crippen molar-refractivity contribution in [3.8, 4) is 0 Å². The van der Waals surface area contributed by atoms with Crippen molar-refractivity contribution in [2.45, 2.75) is 53.7 Å². The van der Waals surface area contributed by atoms with Crippen LogP contribution in [-0.4, -0.2) is 66.7 Å². The van der Waals surface area contributed by atoms with Crippen LogP contribution in [0.25, 0.3) is 0 Å². The quantitative estimate of drug-likeness (QED) is 0.179. The Kier molecular flexibility index (Phi) is 9.27. The summed E-state index contributed by atoms with van der Waals surface area (Å²) in [6.07, 6.45) is -15.8. The van der Waals surface area contributed by atoms with Gasteiger partial charge in [-0.2, -0.15) is 83.4 Å². The van der Waals surface area contributed by atoms with Crippen LogP contribution in [0.15, 0.2) is 0 Å². The molecule has 0 amide bonds. The molecule has 0 radical (unpaired) electrons. The molecule has 0 aliphatic carbocycles. The van der Waals surface area contributed by atoms with Crippen LogP contribution in [0.4, 0.5) is 83.4 Å². The van der Waals surface area contributed by atoms with Crippen LogP contribution in [0.3, 0.4) is 0 Å². The third kappa shape index (κ3) is 4.89. The monoisotopic (exact) mass is 588 g/mol. The van der Waals surface area contributed by atoms with Crippen molar-refractivity contribution >= 4 is 10.4 Å². The van der Waals surface area contributed by atoms with Crippen LogP contribution in [0.2, 0.25) is 0 Å². The van der Waals surface area contributed by atoms with E-state index < -0.39 is 64.1 Å². The minimum absolute atomic E-state index is 0. The van der Waals surface area contributed by atoms with Crippen LogP contribution in [0.5, 0.6) is 0 Å². The molecule has 0 saturated carbocycles. The molecule has 0 heterocycles. The molecule has 0 aromatic rings. The molecule has 0 aliphatic rings. The van der Waals surface area contributed by atoms with Gasteiger partial charge >= 0.3 is 83.3 Å². The van der Waals surface area contributed by atoms with E-state index >= 15 is 0 Å². The van der Waals surface area contributed by atoms with Gasteiger partial charge in [0.1, 0.15) is 0 Å². The Morgan fingerprint density at radius 3 is 0.853 bits per heavy atom. The molecular formula is C9F19NaO4S. The summed E-state index contributed by atoms with van der Waals surface area (Å²) in [5.74, 6) is -62.1. The molecule has 200 valence electrons. The predicted octanol–water partition coefficient (Wildman–Crippen LogP) is 2.07. The van der Waals surface area contributed by atoms with Gasteiger partial charge in [-0.3, -0.25) is 0 Å². The molecule has 0 N–H and O–H groups in total. The first-order chi connectivity index (χ1) is 13.7. The van der Waals surface area contributed by atoms with Crippen molar-refractivity contribution in [3.63, 3.8) is 0 Å². The van der Waals surface area contributed by atoms with Gasteiger partial charge in [0.15, 0.2) is 0 Å². The van der Waals surface area contributed by atoms with E-state index in [1.165, 1.54) is 4.18 Å². The van der Waals surface area contributed by atoms with E-state index in [2.05, 4.69) is 0 Å². The second kappa shape index (κ2) is 8.83. The van der Waals surface area contributed by atoms with E-state index in [-0.39, 0.29) is 29.6 Å². The smallest absolute Gasteiger partial charge is 0.725 e. The zero-order valence-corrected chi connectivity index (χ0v) is 17.5. The van der Waals surface area contributed by atoms with Crippen molar-refractivity contribution in [2.24, 2.45) is 0 Å². The second-order valence-electron chi connectivity index (χ2n) is 5.53. The van der Waals surface area contributed by atoms with Crippen molar-refractivity contribution in [1.82, 2.24) is 0 Å². The number of hydrogen-bond acceptors (Lipinski definition) is 4. The Bertz CT molecular complexity index is 846. The van der Waals surface area contributed by atoms with Crippen molar-refractivity contribution in [3.05, 3.63) is 0 Å². The summed E-state index contributed by atoms with van der Waals surface area (Å²) in [6.45, 7) is 0. The fraction of sp³-hybridized carbons (Fsp3) is 1.00. The first kappa shape index (κ1) is 35.7. The van der Waals surface area contributed by atoms with Crippen molar-refractivity contribution < 1.29 is 130 Å². The number of halogens is 19. The molecule has 0 unspecified atom stereocenters. The molecule has 0 aliphatic heterocycles. The van der Waals surface area contributed by atoms with Gasteiger partial charge in [-0.15, -0.1) is 0 Å². The largest absolute Gasteiger partial charge is 1.00 e. The van der Waals surface area contributed by atoms with Gasteiger partial charge in [0.05, 0.1) is 0 Å². The Hall–Kier alpha value is -0.460. The maximum Gasteiger partial charge on any atom is 1.00 e. The Labute approximate surface area is 194 Å². The first-order valence-corrected chi connectivity index (χ1v) is 7.79. The van der Waals surface area contributed by atoms with Gasteiger partial charge in [0.25, 0.3) is 0 Å². The fourth-order valence-corrected chi connectivity index (χ4v) is 1.89. The molecular weight excluding hydrogens is 588 g/mol. The minimum atomic E-state index is -9.16. The summed E-state index contributed by atoms with van der Waals surface area (Å²) in [5.41, 5.74) is 0. The molecule has 25 heteroatoms. The van der Waals surface area contributed by atoms with E-state index in [1.54, 1.807) is 0 Å². The molecule has 34 heavy (non-hydrogen) atoms. The normalized spacial score (nSPS) is 16.4. The van der Waals surface area contributed by atoms with Crippen LogP contribution in [0.1, 0.15) is 0 Å². The van der Waals surface area contributed by atoms with Gasteiger partial charge in [0.2, 0.25) is 10.4 Å². The summed E-state index contributed by atoms with van der Waals surface area (Å²) in [4.78, 5) is 0. The van der Waals surface area contributed by atoms with Gasteiger partial charge in [-0.05, 0) is 0 Å². The van der Waals surface area contributed by atoms with Gasteiger partial charge in [0, 0.05) is 0 Å². The van der Waals surface area contributed by atoms with E-state index in [4.69, 9.17) is 0 Å². The van der Waals surface area contributed by atoms with E-state index in [0.717, 1.165) is 0 Å². The zero-order valence-electron chi connectivity index (χ0n) is 14.7. The molecule has 0 bridgehead atoms. The van der Waals surface area contributed by atoms with E-state index in [0.29, 0.717) is 0 Å². The molecule has 4 nitrogen and oxygen atoms in total. The Morgan fingerprint density at radius 1 is 0.441 bits per heavy atom. The number of alkyl halides is 19. The van der Waals surface area contributed by atoms with Crippen molar-refractivity contribution in [1.29, 1.82) is 0 Å². The maximum atomic E-state index is 13.2. The van der Waals surface area contributed by atoms with Crippen LogP contribution in [-0.2, 0) is 14.6 Å². The van der Waals surface area contributed by atoms with Crippen LogP contribution in [0, 0.1) is 0 Å². The third-order valence-corrected chi connectivity index (χ3v) is 3.71. The van der Waals surface area contributed by atoms with Crippen LogP contribution < -0.4 is 29.6 Å². The van der Waals surface area contributed by atoms with Gasteiger partial charge in [-0.25, -0.2) is 12.6 Å². The fourth-order valence-electron chi connectivity index (χ4n) is 1.53. The second-order valence-corrected chi connectivity index (χ2v) is 6.51. The molecule has 0 rings (SSSR count). The number of rotatable bonds is 9. The maximum absolute atomic E-state index is 13.2. The summed E-state index contributed by atoms with van der Waals surface area (Å²) in [6, 6.07) is 0. The molecule has 0 aromatic heterocycles. The molecule has 0 spiro atoms. The SMILES string of the molecule is O=S(=O)([O-])OC(F)(F)C(F)(F)C(F)(F)C(F)(F)C(F)(F)C(F)(F)C(F)(F)C(F)(F)C(F)(F)F.[Na+]. The summed E-state index contributed by atoms with van der Waals surface area (Å²) in [5, 5.41) is 0. The summed E-state index contributed by atoms with van der Waals surface area (Å²) < 4.78 is 274. The van der Waals surface area contributed by atoms with E-state index in [9.17, 15) is 96.4 Å². The van der Waals surface area contributed by atoms with Crippen molar-refractivity contribution in [2.75, 3.05) is 0 Å². The molecule has 0 fully saturated rings. The Morgan fingerprint density at radius 2 is 0.647 bits per heavy atom.